The van der Waals surface area contributed by atoms with Gasteiger partial charge in [-0.1, -0.05) is 0 Å². The molecule has 0 amide bonds. The van der Waals surface area contributed by atoms with Crippen LogP contribution in [0.15, 0.2) is 0 Å². The normalized spacial score (nSPS) is 0.429. The van der Waals surface area contributed by atoms with E-state index in [2.05, 4.69) is 0 Å². The minimum atomic E-state index is 0. The Morgan fingerprint density at radius 3 is 0.714 bits per heavy atom. The molecule has 7 heteroatoms. The van der Waals surface area contributed by atoms with Gasteiger partial charge >= 0.3 is 27.5 Å². The number of rotatable bonds is 0. The third-order valence-electron chi connectivity index (χ3n) is 0. The van der Waals surface area contributed by atoms with E-state index in [0.717, 1.165) is 0 Å². The van der Waals surface area contributed by atoms with Crippen molar-refractivity contribution >= 4 is 0 Å². The fourth-order valence-corrected chi connectivity index (χ4v) is 0. The summed E-state index contributed by atoms with van der Waals surface area (Å²) in [6.07, 6.45) is 0. The molecule has 0 heterocycles. The predicted molar refractivity (Wildman–Crippen MR) is 11.5 cm³/mol. The Morgan fingerprint density at radius 1 is 0.714 bits per heavy atom. The molecule has 0 aliphatic heterocycles. The average molecular weight is 442 g/mol. The monoisotopic (exact) mass is 440 g/mol. The summed E-state index contributed by atoms with van der Waals surface area (Å²) in [6.45, 7) is 0. The van der Waals surface area contributed by atoms with Gasteiger partial charge in [0, 0.05) is 83.5 Å². The summed E-state index contributed by atoms with van der Waals surface area (Å²) in [4.78, 5) is 0. The second-order valence-corrected chi connectivity index (χ2v) is 0. The quantitative estimate of drug-likeness (QED) is 0.404. The molecule has 0 aromatic heterocycles. The van der Waals surface area contributed by atoms with Crippen molar-refractivity contribution in [1.29, 1.82) is 0 Å². The second-order valence-electron chi connectivity index (χ2n) is 0. The molecule has 6 N–H and O–H groups in total. The summed E-state index contributed by atoms with van der Waals surface area (Å²) in [5.74, 6) is 0. The van der Waals surface area contributed by atoms with E-state index in [1.807, 2.05) is 0 Å². The first-order chi connectivity index (χ1) is 1.00. The molecule has 0 spiro atoms. The molecule has 0 rings (SSSR count). The summed E-state index contributed by atoms with van der Waals surface area (Å²) in [7, 11) is 0. The summed E-state index contributed by atoms with van der Waals surface area (Å²) in [6, 6.07) is 0. The van der Waals surface area contributed by atoms with Crippen LogP contribution < -0.4 is 0 Å². The third kappa shape index (κ3) is 45.3. The van der Waals surface area contributed by atoms with E-state index >= 15 is 0 Å². The van der Waals surface area contributed by atoms with Gasteiger partial charge in [0.2, 0.25) is 0 Å². The molecule has 0 aliphatic carbocycles. The van der Waals surface area contributed by atoms with E-state index in [4.69, 9.17) is 2.81 Å². The Hall–Kier alpha value is 3.32. The second kappa shape index (κ2) is 58.6. The molecule has 0 fully saturated rings. The number of hydrogen-bond donors (Lipinski definition) is 0. The van der Waals surface area contributed by atoms with Gasteiger partial charge < -0.3 is 16.4 Å². The Bertz CT molecular complexity index is 9.65. The first-order valence-corrected chi connectivity index (χ1v) is 1.21. The van der Waals surface area contributed by atoms with E-state index in [9.17, 15) is 0 Å². The van der Waals surface area contributed by atoms with Crippen molar-refractivity contribution in [2.24, 2.45) is 0 Å². The molecular weight excluding hydrogens is 435 g/mol. The van der Waals surface area contributed by atoms with Gasteiger partial charge in [0.15, 0.2) is 0 Å². The fraction of sp³-hybridized carbons (Fsp3) is 0. The molecule has 0 aromatic carbocycles. The van der Waals surface area contributed by atoms with Crippen molar-refractivity contribution < 1.29 is 127 Å². The Balaban J connectivity index is -0.000000000500. The molecule has 0 bridgehead atoms. The molecule has 0 saturated carbocycles. The van der Waals surface area contributed by atoms with Crippen LogP contribution in [0.4, 0.5) is 0 Å². The van der Waals surface area contributed by atoms with Gasteiger partial charge in [-0.25, -0.2) is 0 Å². The van der Waals surface area contributed by atoms with E-state index in [-0.39, 0.29) is 99.9 Å². The molecule has 0 atom stereocenters. The molecule has 0 unspecified atom stereocenters. The summed E-state index contributed by atoms with van der Waals surface area (Å²) in [5.41, 5.74) is 0. The molecule has 0 saturated heterocycles. The summed E-state index contributed by atoms with van der Waals surface area (Å²) < 4.78 is 8.34. The molecule has 0 aliphatic rings. The molecule has 4 nitrogen and oxygen atoms in total. The zero-order chi connectivity index (χ0) is 2.00. The molecular formula is H6Ce2O4Zr. The van der Waals surface area contributed by atoms with Crippen LogP contribution in [0.5, 0.6) is 0 Å². The van der Waals surface area contributed by atoms with Crippen LogP contribution in [-0.4, -0.2) is 16.4 Å². The first-order valence-electron chi connectivity index (χ1n) is 0.204. The standard InChI is InChI=1S/2Ce.3H2O.O.Zr/h;;3*1H2;;. The van der Waals surface area contributed by atoms with Crippen LogP contribution in [0.3, 0.4) is 0 Å². The zero-order valence-corrected chi connectivity index (χ0v) is 12.1. The van der Waals surface area contributed by atoms with Crippen molar-refractivity contribution in [2.45, 2.75) is 0 Å². The summed E-state index contributed by atoms with van der Waals surface area (Å²) >= 11 is 0.300. The number of hydrogen-bond acceptors (Lipinski definition) is 1. The maximum absolute atomic E-state index is 8.34. The van der Waals surface area contributed by atoms with Gasteiger partial charge in [-0.05, 0) is 0 Å². The fourth-order valence-electron chi connectivity index (χ4n) is 0. The Morgan fingerprint density at radius 2 is 0.714 bits per heavy atom. The van der Waals surface area contributed by atoms with Crippen LogP contribution in [0, 0.1) is 83.5 Å². The molecule has 0 radical (unpaired) electrons. The van der Waals surface area contributed by atoms with Crippen LogP contribution >= 0.6 is 0 Å². The van der Waals surface area contributed by atoms with E-state index < -0.39 is 0 Å². The van der Waals surface area contributed by atoms with Crippen molar-refractivity contribution in [2.75, 3.05) is 0 Å². The van der Waals surface area contributed by atoms with Gasteiger partial charge in [-0.15, -0.1) is 0 Å². The third-order valence-corrected chi connectivity index (χ3v) is 0. The predicted octanol–water partition coefficient (Wildman–Crippen LogP) is -2.60. The molecule has 42 valence electrons. The van der Waals surface area contributed by atoms with Crippen molar-refractivity contribution in [3.8, 4) is 0 Å². The van der Waals surface area contributed by atoms with Gasteiger partial charge in [0.1, 0.15) is 0 Å². The van der Waals surface area contributed by atoms with E-state index in [0.29, 0.717) is 24.7 Å². The Kier molecular flexibility index (Phi) is 402. The van der Waals surface area contributed by atoms with Gasteiger partial charge in [-0.3, -0.25) is 0 Å². The van der Waals surface area contributed by atoms with Gasteiger partial charge in [0.05, 0.1) is 0 Å². The zero-order valence-electron chi connectivity index (χ0n) is 3.41. The van der Waals surface area contributed by atoms with Crippen LogP contribution in [0.25, 0.3) is 0 Å². The SMILES string of the molecule is O.O.O.[Ce].[Ce].[O]=[Zr]. The van der Waals surface area contributed by atoms with Crippen LogP contribution in [0.2, 0.25) is 0 Å². The van der Waals surface area contributed by atoms with Crippen LogP contribution in [-0.2, 0) is 27.5 Å². The Labute approximate surface area is 124 Å². The van der Waals surface area contributed by atoms with E-state index in [1.54, 1.807) is 0 Å². The average Bonchev–Trinajstić information content (AvgIpc) is 1.00. The van der Waals surface area contributed by atoms with E-state index in [1.165, 1.54) is 0 Å². The van der Waals surface area contributed by atoms with Gasteiger partial charge in [-0.2, -0.15) is 0 Å². The van der Waals surface area contributed by atoms with Gasteiger partial charge in [0.25, 0.3) is 0 Å². The summed E-state index contributed by atoms with van der Waals surface area (Å²) in [5, 5.41) is 0. The van der Waals surface area contributed by atoms with Crippen molar-refractivity contribution in [3.05, 3.63) is 0 Å². The first kappa shape index (κ1) is 48.1. The topological polar surface area (TPSA) is 112 Å². The molecule has 0 aromatic rings. The van der Waals surface area contributed by atoms with Crippen molar-refractivity contribution in [3.63, 3.8) is 0 Å². The maximum atomic E-state index is 8.34. The van der Waals surface area contributed by atoms with Crippen LogP contribution in [0.1, 0.15) is 0 Å². The van der Waals surface area contributed by atoms with Crippen molar-refractivity contribution in [1.82, 2.24) is 0 Å². The minimum absolute atomic E-state index is 0. The molecule has 7 heavy (non-hydrogen) atoms.